The molecule has 0 saturated carbocycles. The van der Waals surface area contributed by atoms with Crippen molar-refractivity contribution >= 4 is 29.5 Å². The molecular formula is C13H22N3O16P3. The Morgan fingerprint density at radius 3 is 2.34 bits per heavy atom. The van der Waals surface area contributed by atoms with Crippen molar-refractivity contribution in [1.82, 2.24) is 14.9 Å². The minimum atomic E-state index is -5.77. The van der Waals surface area contributed by atoms with Crippen LogP contribution in [0.5, 0.6) is 0 Å². The van der Waals surface area contributed by atoms with Gasteiger partial charge in [0.1, 0.15) is 18.3 Å². The second kappa shape index (κ2) is 11.8. The van der Waals surface area contributed by atoms with E-state index >= 15 is 0 Å². The number of phosphoric ester groups is 1. The smallest absolute Gasteiger partial charge is 0.387 e. The van der Waals surface area contributed by atoms with Crippen LogP contribution in [-0.4, -0.2) is 82.6 Å². The summed E-state index contributed by atoms with van der Waals surface area (Å²) in [5.41, 5.74) is -1.93. The number of aromatic nitrogens is 2. The molecule has 0 aromatic carbocycles. The second-order valence-corrected chi connectivity index (χ2v) is 11.1. The minimum absolute atomic E-state index is 0.0775. The number of hydrogen-bond donors (Lipinski definition) is 9. The summed E-state index contributed by atoms with van der Waals surface area (Å²) in [7, 11) is -16.9. The van der Waals surface area contributed by atoms with Crippen LogP contribution in [0, 0.1) is 0 Å². The highest BCUT2D eigenvalue weighted by Gasteiger charge is 2.46. The van der Waals surface area contributed by atoms with Crippen LogP contribution in [0.25, 0.3) is 6.08 Å². The van der Waals surface area contributed by atoms with E-state index in [9.17, 15) is 38.4 Å². The van der Waals surface area contributed by atoms with Crippen molar-refractivity contribution in [1.29, 1.82) is 0 Å². The van der Waals surface area contributed by atoms with Crippen molar-refractivity contribution < 1.29 is 66.5 Å². The number of nitrogens with one attached hydrogen (secondary N) is 2. The van der Waals surface area contributed by atoms with Crippen molar-refractivity contribution in [2.24, 2.45) is 0 Å². The molecule has 2 heterocycles. The summed E-state index contributed by atoms with van der Waals surface area (Å²) in [6, 6.07) is 0. The molecule has 1 aromatic heterocycles. The van der Waals surface area contributed by atoms with Crippen LogP contribution in [0.3, 0.4) is 0 Å². The first kappa shape index (κ1) is 29.9. The zero-order valence-corrected chi connectivity index (χ0v) is 19.9. The Morgan fingerprint density at radius 2 is 1.74 bits per heavy atom. The van der Waals surface area contributed by atoms with E-state index in [4.69, 9.17) is 24.5 Å². The van der Waals surface area contributed by atoms with Crippen molar-refractivity contribution in [3.8, 4) is 0 Å². The summed E-state index contributed by atoms with van der Waals surface area (Å²) in [5, 5.41) is 31.6. The average Bonchev–Trinajstić information content (AvgIpc) is 2.97. The van der Waals surface area contributed by atoms with Gasteiger partial charge in [-0.3, -0.25) is 24.2 Å². The lowest BCUT2D eigenvalue weighted by Crippen LogP contribution is -2.38. The number of aliphatic hydroxyl groups is 3. The van der Waals surface area contributed by atoms with Crippen molar-refractivity contribution in [2.75, 3.05) is 19.9 Å². The van der Waals surface area contributed by atoms with E-state index in [1.807, 2.05) is 4.98 Å². The molecule has 0 bridgehead atoms. The van der Waals surface area contributed by atoms with Crippen LogP contribution < -0.4 is 16.6 Å². The summed E-state index contributed by atoms with van der Waals surface area (Å²) in [6.07, 6.45) is -3.25. The number of H-pyrrole nitrogens is 1. The van der Waals surface area contributed by atoms with Gasteiger partial charge < -0.3 is 39.6 Å². The van der Waals surface area contributed by atoms with Crippen molar-refractivity contribution in [3.05, 3.63) is 38.7 Å². The number of aromatic amines is 1. The molecule has 1 aromatic rings. The molecule has 6 unspecified atom stereocenters. The number of rotatable bonds is 12. The lowest BCUT2D eigenvalue weighted by molar-refractivity contribution is -0.0542. The zero-order valence-electron chi connectivity index (χ0n) is 17.3. The van der Waals surface area contributed by atoms with Crippen LogP contribution >= 0.6 is 23.5 Å². The third-order valence-electron chi connectivity index (χ3n) is 4.10. The first-order chi connectivity index (χ1) is 16.1. The number of ether oxygens (including phenoxy) is 1. The molecule has 0 aliphatic carbocycles. The van der Waals surface area contributed by atoms with Gasteiger partial charge in [0.15, 0.2) is 6.23 Å². The first-order valence-corrected chi connectivity index (χ1v) is 13.7. The lowest BCUT2D eigenvalue weighted by Gasteiger charge is -2.19. The van der Waals surface area contributed by atoms with Crippen molar-refractivity contribution in [3.63, 3.8) is 0 Å². The van der Waals surface area contributed by atoms with Gasteiger partial charge in [-0.2, -0.15) is 8.62 Å². The third kappa shape index (κ3) is 8.91. The predicted molar refractivity (Wildman–Crippen MR) is 111 cm³/mol. The van der Waals surface area contributed by atoms with E-state index in [2.05, 4.69) is 18.5 Å². The monoisotopic (exact) mass is 569 g/mol. The summed E-state index contributed by atoms with van der Waals surface area (Å²) in [4.78, 5) is 61.7. The van der Waals surface area contributed by atoms with Gasteiger partial charge in [-0.25, -0.2) is 18.5 Å². The van der Waals surface area contributed by atoms with Gasteiger partial charge in [0.2, 0.25) is 0 Å². The number of aliphatic hydroxyl groups excluding tert-OH is 3. The Balaban J connectivity index is 2.14. The maximum absolute atomic E-state index is 12.2. The molecule has 0 amide bonds. The molecule has 1 saturated heterocycles. The Kier molecular flexibility index (Phi) is 10.1. The maximum atomic E-state index is 12.2. The molecule has 1 aliphatic rings. The maximum Gasteiger partial charge on any atom is 0.490 e. The fraction of sp³-hybridized carbons (Fsp3) is 0.538. The number of phosphoric acid groups is 3. The molecule has 6 atom stereocenters. The van der Waals surface area contributed by atoms with E-state index in [0.717, 1.165) is 6.20 Å². The number of nitrogens with zero attached hydrogens (tertiary/aromatic N) is 1. The van der Waals surface area contributed by atoms with E-state index < -0.39 is 65.9 Å². The Labute approximate surface area is 194 Å². The largest absolute Gasteiger partial charge is 0.490 e. The third-order valence-corrected chi connectivity index (χ3v) is 7.90. The molecule has 35 heavy (non-hydrogen) atoms. The second-order valence-electron chi connectivity index (χ2n) is 6.70. The van der Waals surface area contributed by atoms with Crippen LogP contribution in [0.1, 0.15) is 11.8 Å². The zero-order chi connectivity index (χ0) is 26.6. The van der Waals surface area contributed by atoms with Crippen LogP contribution in [0.4, 0.5) is 0 Å². The van der Waals surface area contributed by atoms with Gasteiger partial charge in [-0.05, 0) is 0 Å². The van der Waals surface area contributed by atoms with E-state index in [1.54, 1.807) is 0 Å². The lowest BCUT2D eigenvalue weighted by atomic mass is 10.1. The summed E-state index contributed by atoms with van der Waals surface area (Å²) >= 11 is 0. The molecule has 2 rings (SSSR count). The molecule has 1 aliphatic heterocycles. The van der Waals surface area contributed by atoms with Crippen LogP contribution in [0.2, 0.25) is 0 Å². The normalized spacial score (nSPS) is 26.6. The average molecular weight is 569 g/mol. The van der Waals surface area contributed by atoms with Gasteiger partial charge >= 0.3 is 29.2 Å². The number of hydrogen-bond acceptors (Lipinski definition) is 13. The highest BCUT2D eigenvalue weighted by molar-refractivity contribution is 7.66. The summed E-state index contributed by atoms with van der Waals surface area (Å²) < 4.78 is 51.2. The van der Waals surface area contributed by atoms with Gasteiger partial charge in [-0.1, -0.05) is 12.2 Å². The molecule has 0 radical (unpaired) electrons. The molecule has 22 heteroatoms. The van der Waals surface area contributed by atoms with Crippen molar-refractivity contribution in [2.45, 2.75) is 24.5 Å². The Morgan fingerprint density at radius 1 is 1.09 bits per heavy atom. The van der Waals surface area contributed by atoms with Gasteiger partial charge in [0.25, 0.3) is 5.56 Å². The quantitative estimate of drug-likeness (QED) is 0.0690. The molecule has 1 fully saturated rings. The Bertz CT molecular complexity index is 1180. The standard InChI is InChI=1S/C13H22N3O16P3/c17-6-14-3-1-2-7-4-16(13(21)15-11(7)20)12-10(19)9(18)8(30-12)5-29-34(25,26)32-35(27,28)31-33(22,23)24/h1-2,4,8-10,12,14,17-19H,3,5-6H2,(H,25,26)(H,27,28)(H,15,20,21)(H2,22,23,24)/b2-1+. The van der Waals surface area contributed by atoms with Gasteiger partial charge in [-0.15, -0.1) is 0 Å². The fourth-order valence-electron chi connectivity index (χ4n) is 2.71. The van der Waals surface area contributed by atoms with Gasteiger partial charge in [0.05, 0.1) is 18.9 Å². The molecule has 0 spiro atoms. The predicted octanol–water partition coefficient (Wildman–Crippen LogP) is -2.95. The summed E-state index contributed by atoms with van der Waals surface area (Å²) in [5.74, 6) is 0. The van der Waals surface area contributed by atoms with E-state index in [-0.39, 0.29) is 18.8 Å². The van der Waals surface area contributed by atoms with Gasteiger partial charge in [0, 0.05) is 12.7 Å². The summed E-state index contributed by atoms with van der Waals surface area (Å²) in [6.45, 7) is -1.25. The SMILES string of the molecule is O=c1[nH]c(=O)n(C2OC(COP(=O)(O)OP(=O)(O)OP(=O)(O)O)C(O)C2O)cc1/C=C/CNCO. The van der Waals surface area contributed by atoms with E-state index in [1.165, 1.54) is 12.2 Å². The molecule has 19 nitrogen and oxygen atoms in total. The topological polar surface area (TPSA) is 297 Å². The minimum Gasteiger partial charge on any atom is -0.387 e. The fourth-order valence-corrected chi connectivity index (χ4v) is 5.74. The highest BCUT2D eigenvalue weighted by atomic mass is 31.3. The molecular weight excluding hydrogens is 547 g/mol. The van der Waals surface area contributed by atoms with Crippen LogP contribution in [-0.2, 0) is 31.6 Å². The first-order valence-electron chi connectivity index (χ1n) is 9.19. The highest BCUT2D eigenvalue weighted by Crippen LogP contribution is 2.66. The van der Waals surface area contributed by atoms with E-state index in [0.29, 0.717) is 4.57 Å². The molecule has 200 valence electrons. The van der Waals surface area contributed by atoms with Crippen LogP contribution in [0.15, 0.2) is 21.9 Å². The Hall–Kier alpha value is -1.37. The molecule has 9 N–H and O–H groups in total.